The Morgan fingerprint density at radius 2 is 1.90 bits per heavy atom. The van der Waals surface area contributed by atoms with E-state index in [1.807, 2.05) is 13.0 Å². The molecule has 6 heteroatoms. The molecule has 0 aliphatic carbocycles. The molecule has 0 saturated heterocycles. The van der Waals surface area contributed by atoms with Crippen LogP contribution in [-0.2, 0) is 0 Å². The van der Waals surface area contributed by atoms with E-state index in [0.29, 0.717) is 22.6 Å². The number of aryl methyl sites for hydroxylation is 2. The molecule has 1 aromatic carbocycles. The summed E-state index contributed by atoms with van der Waals surface area (Å²) in [5, 5.41) is 9.91. The molecule has 3 rings (SSSR count). The SMILES string of the molecule is Cc1cc(-c2c(C)[nH]n(-c3ccc(F)cc3)c2=O)n[nH]1. The molecule has 2 heterocycles. The van der Waals surface area contributed by atoms with Gasteiger partial charge < -0.3 is 0 Å². The quantitative estimate of drug-likeness (QED) is 0.751. The average molecular weight is 272 g/mol. The third kappa shape index (κ3) is 1.95. The lowest BCUT2D eigenvalue weighted by Crippen LogP contribution is -2.15. The molecule has 0 atom stereocenters. The fraction of sp³-hybridized carbons (Fsp3) is 0.143. The van der Waals surface area contributed by atoms with E-state index in [2.05, 4.69) is 15.3 Å². The van der Waals surface area contributed by atoms with Crippen LogP contribution in [0.1, 0.15) is 11.4 Å². The summed E-state index contributed by atoms with van der Waals surface area (Å²) in [6.07, 6.45) is 0. The second kappa shape index (κ2) is 4.48. The first-order valence-electron chi connectivity index (χ1n) is 6.16. The molecule has 0 aliphatic heterocycles. The van der Waals surface area contributed by atoms with E-state index >= 15 is 0 Å². The van der Waals surface area contributed by atoms with Crippen molar-refractivity contribution >= 4 is 0 Å². The van der Waals surface area contributed by atoms with Crippen LogP contribution in [0.4, 0.5) is 4.39 Å². The summed E-state index contributed by atoms with van der Waals surface area (Å²) in [6, 6.07) is 7.54. The van der Waals surface area contributed by atoms with Crippen LogP contribution in [0.2, 0.25) is 0 Å². The van der Waals surface area contributed by atoms with Gasteiger partial charge in [0.15, 0.2) is 0 Å². The predicted molar refractivity (Wildman–Crippen MR) is 73.4 cm³/mol. The lowest BCUT2D eigenvalue weighted by Gasteiger charge is -2.00. The van der Waals surface area contributed by atoms with Crippen LogP contribution in [0.25, 0.3) is 16.9 Å². The number of nitrogens with zero attached hydrogens (tertiary/aromatic N) is 2. The number of hydrogen-bond donors (Lipinski definition) is 2. The lowest BCUT2D eigenvalue weighted by molar-refractivity contribution is 0.627. The number of benzene rings is 1. The Labute approximate surface area is 114 Å². The summed E-state index contributed by atoms with van der Waals surface area (Å²) in [5.74, 6) is -0.340. The van der Waals surface area contributed by atoms with E-state index in [0.717, 1.165) is 5.69 Å². The maximum Gasteiger partial charge on any atom is 0.281 e. The van der Waals surface area contributed by atoms with Gasteiger partial charge in [-0.3, -0.25) is 15.0 Å². The molecule has 0 saturated carbocycles. The van der Waals surface area contributed by atoms with Gasteiger partial charge in [-0.2, -0.15) is 5.10 Å². The van der Waals surface area contributed by atoms with Crippen LogP contribution in [0, 0.1) is 19.7 Å². The fourth-order valence-corrected chi connectivity index (χ4v) is 2.17. The normalized spacial score (nSPS) is 10.9. The Kier molecular flexibility index (Phi) is 2.78. The first kappa shape index (κ1) is 12.4. The van der Waals surface area contributed by atoms with Crippen LogP contribution in [-0.4, -0.2) is 20.0 Å². The molecular weight excluding hydrogens is 259 g/mol. The van der Waals surface area contributed by atoms with Crippen molar-refractivity contribution in [2.45, 2.75) is 13.8 Å². The molecule has 20 heavy (non-hydrogen) atoms. The summed E-state index contributed by atoms with van der Waals surface area (Å²) in [6.45, 7) is 3.68. The summed E-state index contributed by atoms with van der Waals surface area (Å²) < 4.78 is 14.3. The number of rotatable bonds is 2. The number of aromatic amines is 2. The molecule has 0 radical (unpaired) electrons. The minimum absolute atomic E-state index is 0.208. The summed E-state index contributed by atoms with van der Waals surface area (Å²) in [4.78, 5) is 12.5. The fourth-order valence-electron chi connectivity index (χ4n) is 2.17. The summed E-state index contributed by atoms with van der Waals surface area (Å²) >= 11 is 0. The highest BCUT2D eigenvalue weighted by atomic mass is 19.1. The van der Waals surface area contributed by atoms with Gasteiger partial charge in [0, 0.05) is 11.4 Å². The molecule has 0 fully saturated rings. The van der Waals surface area contributed by atoms with Crippen molar-refractivity contribution in [3.05, 3.63) is 57.9 Å². The van der Waals surface area contributed by atoms with E-state index in [4.69, 9.17) is 0 Å². The Morgan fingerprint density at radius 1 is 1.20 bits per heavy atom. The monoisotopic (exact) mass is 272 g/mol. The van der Waals surface area contributed by atoms with Gasteiger partial charge in [0.1, 0.15) is 5.82 Å². The van der Waals surface area contributed by atoms with Gasteiger partial charge >= 0.3 is 0 Å². The minimum atomic E-state index is -0.340. The molecular formula is C14H13FN4O. The molecule has 2 aromatic heterocycles. The van der Waals surface area contributed by atoms with Gasteiger partial charge in [0.2, 0.25) is 0 Å². The van der Waals surface area contributed by atoms with Crippen LogP contribution < -0.4 is 5.56 Å². The number of halogens is 1. The third-order valence-corrected chi connectivity index (χ3v) is 3.12. The van der Waals surface area contributed by atoms with E-state index in [9.17, 15) is 9.18 Å². The van der Waals surface area contributed by atoms with Crippen LogP contribution >= 0.6 is 0 Å². The molecule has 0 unspecified atom stereocenters. The van der Waals surface area contributed by atoms with Crippen molar-refractivity contribution in [3.63, 3.8) is 0 Å². The van der Waals surface area contributed by atoms with Gasteiger partial charge in [0.05, 0.1) is 16.9 Å². The number of aromatic nitrogens is 4. The highest BCUT2D eigenvalue weighted by Crippen LogP contribution is 2.18. The van der Waals surface area contributed by atoms with Crippen LogP contribution in [0.15, 0.2) is 35.1 Å². The van der Waals surface area contributed by atoms with Crippen molar-refractivity contribution in [2.24, 2.45) is 0 Å². The highest BCUT2D eigenvalue weighted by molar-refractivity contribution is 5.61. The molecule has 0 spiro atoms. The molecule has 2 N–H and O–H groups in total. The Balaban J connectivity index is 2.16. The van der Waals surface area contributed by atoms with Crippen molar-refractivity contribution in [1.29, 1.82) is 0 Å². The van der Waals surface area contributed by atoms with Gasteiger partial charge in [0.25, 0.3) is 5.56 Å². The average Bonchev–Trinajstić information content (AvgIpc) is 2.95. The second-order valence-electron chi connectivity index (χ2n) is 4.66. The second-order valence-corrected chi connectivity index (χ2v) is 4.66. The molecule has 102 valence electrons. The maximum atomic E-state index is 12.9. The molecule has 0 amide bonds. The van der Waals surface area contributed by atoms with E-state index in [-0.39, 0.29) is 11.4 Å². The van der Waals surface area contributed by atoms with Crippen LogP contribution in [0.3, 0.4) is 0 Å². The number of hydrogen-bond acceptors (Lipinski definition) is 2. The zero-order valence-electron chi connectivity index (χ0n) is 11.1. The zero-order chi connectivity index (χ0) is 14.3. The zero-order valence-corrected chi connectivity index (χ0v) is 11.1. The Hall–Kier alpha value is -2.63. The van der Waals surface area contributed by atoms with E-state index in [1.54, 1.807) is 19.1 Å². The first-order valence-corrected chi connectivity index (χ1v) is 6.16. The van der Waals surface area contributed by atoms with E-state index < -0.39 is 0 Å². The lowest BCUT2D eigenvalue weighted by atomic mass is 10.2. The van der Waals surface area contributed by atoms with Crippen molar-refractivity contribution in [1.82, 2.24) is 20.0 Å². The molecule has 5 nitrogen and oxygen atoms in total. The largest absolute Gasteiger partial charge is 0.295 e. The minimum Gasteiger partial charge on any atom is -0.295 e. The molecule has 0 aliphatic rings. The molecule has 3 aromatic rings. The van der Waals surface area contributed by atoms with E-state index in [1.165, 1.54) is 16.8 Å². The van der Waals surface area contributed by atoms with Gasteiger partial charge in [-0.15, -0.1) is 0 Å². The van der Waals surface area contributed by atoms with Crippen LogP contribution in [0.5, 0.6) is 0 Å². The Bertz CT molecular complexity index is 811. The standard InChI is InChI=1S/C14H13FN4O/c1-8-7-12(17-16-8)13-9(2)18-19(14(13)20)11-5-3-10(15)4-6-11/h3-7,18H,1-2H3,(H,16,17). The van der Waals surface area contributed by atoms with Crippen molar-refractivity contribution in [2.75, 3.05) is 0 Å². The van der Waals surface area contributed by atoms with Crippen molar-refractivity contribution < 1.29 is 4.39 Å². The Morgan fingerprint density at radius 3 is 2.50 bits per heavy atom. The van der Waals surface area contributed by atoms with Gasteiger partial charge in [-0.1, -0.05) is 0 Å². The van der Waals surface area contributed by atoms with Gasteiger partial charge in [-0.25, -0.2) is 9.07 Å². The first-order chi connectivity index (χ1) is 9.56. The van der Waals surface area contributed by atoms with Gasteiger partial charge in [-0.05, 0) is 44.2 Å². The maximum absolute atomic E-state index is 12.9. The predicted octanol–water partition coefficient (Wildman–Crippen LogP) is 2.31. The summed E-state index contributed by atoms with van der Waals surface area (Å²) in [5.41, 5.74) is 3.08. The van der Waals surface area contributed by atoms with Crippen molar-refractivity contribution in [3.8, 4) is 16.9 Å². The topological polar surface area (TPSA) is 66.5 Å². The number of nitrogens with one attached hydrogen (secondary N) is 2. The summed E-state index contributed by atoms with van der Waals surface area (Å²) in [7, 11) is 0. The highest BCUT2D eigenvalue weighted by Gasteiger charge is 2.16. The third-order valence-electron chi connectivity index (χ3n) is 3.12. The smallest absolute Gasteiger partial charge is 0.281 e. The molecule has 0 bridgehead atoms. The number of H-pyrrole nitrogens is 2.